The van der Waals surface area contributed by atoms with E-state index in [0.29, 0.717) is 23.3 Å². The molecule has 7 nitrogen and oxygen atoms in total. The summed E-state index contributed by atoms with van der Waals surface area (Å²) in [6.07, 6.45) is 7.32. The first kappa shape index (κ1) is 19.8. The van der Waals surface area contributed by atoms with Gasteiger partial charge in [0.2, 0.25) is 5.88 Å². The monoisotopic (exact) mass is 417 g/mol. The molecule has 0 bridgehead atoms. The van der Waals surface area contributed by atoms with Gasteiger partial charge in [-0.2, -0.15) is 0 Å². The second kappa shape index (κ2) is 8.51. The summed E-state index contributed by atoms with van der Waals surface area (Å²) in [6, 6.07) is 14.1. The van der Waals surface area contributed by atoms with Gasteiger partial charge in [-0.15, -0.1) is 0 Å². The number of aromatic nitrogens is 3. The number of ether oxygens (including phenoxy) is 1. The average molecular weight is 418 g/mol. The Labute approximate surface area is 182 Å². The van der Waals surface area contributed by atoms with E-state index in [-0.39, 0.29) is 11.9 Å². The van der Waals surface area contributed by atoms with Crippen LogP contribution >= 0.6 is 0 Å². The van der Waals surface area contributed by atoms with Gasteiger partial charge in [-0.3, -0.25) is 4.79 Å². The lowest BCUT2D eigenvalue weighted by atomic mass is 9.89. The number of rotatable bonds is 6. The highest BCUT2D eigenvalue weighted by Crippen LogP contribution is 2.45. The first-order valence-corrected chi connectivity index (χ1v) is 10.8. The predicted octanol–water partition coefficient (Wildman–Crippen LogP) is 2.73. The largest absolute Gasteiger partial charge is 0.481 e. The fraction of sp³-hybridized carbons (Fsp3) is 0.375. The molecular weight excluding hydrogens is 390 g/mol. The van der Waals surface area contributed by atoms with E-state index in [2.05, 4.69) is 48.6 Å². The number of likely N-dealkylation sites (tertiary alicyclic amines) is 2. The van der Waals surface area contributed by atoms with E-state index < -0.39 is 0 Å². The van der Waals surface area contributed by atoms with Crippen LogP contribution in [0.4, 0.5) is 0 Å². The quantitative estimate of drug-likeness (QED) is 0.617. The molecule has 31 heavy (non-hydrogen) atoms. The maximum absolute atomic E-state index is 13.4. The molecule has 2 aromatic heterocycles. The summed E-state index contributed by atoms with van der Waals surface area (Å²) in [7, 11) is 1.58. The topological polar surface area (TPSA) is 63.5 Å². The van der Waals surface area contributed by atoms with Crippen LogP contribution in [0.2, 0.25) is 0 Å². The van der Waals surface area contributed by atoms with Gasteiger partial charge in [-0.1, -0.05) is 30.3 Å². The van der Waals surface area contributed by atoms with Gasteiger partial charge in [-0.25, -0.2) is 9.97 Å². The summed E-state index contributed by atoms with van der Waals surface area (Å²) >= 11 is 0. The molecule has 2 fully saturated rings. The summed E-state index contributed by atoms with van der Waals surface area (Å²) in [6.45, 7) is 4.74. The molecule has 4 heterocycles. The van der Waals surface area contributed by atoms with Gasteiger partial charge in [0.05, 0.1) is 25.0 Å². The van der Waals surface area contributed by atoms with Crippen molar-refractivity contribution in [3.63, 3.8) is 0 Å². The minimum atomic E-state index is 0.0448. The summed E-state index contributed by atoms with van der Waals surface area (Å²) in [5, 5.41) is 0. The molecule has 2 aliphatic heterocycles. The van der Waals surface area contributed by atoms with Gasteiger partial charge in [0.15, 0.2) is 0 Å². The third kappa shape index (κ3) is 3.93. The highest BCUT2D eigenvalue weighted by molar-refractivity contribution is 5.94. The zero-order valence-electron chi connectivity index (χ0n) is 17.7. The second-order valence-corrected chi connectivity index (χ2v) is 8.39. The molecule has 0 spiro atoms. The lowest BCUT2D eigenvalue weighted by Gasteiger charge is -2.30. The molecule has 1 aromatic carbocycles. The van der Waals surface area contributed by atoms with Crippen molar-refractivity contribution in [1.29, 1.82) is 0 Å². The number of carbonyl (C=O) groups excluding carboxylic acids is 1. The number of methoxy groups -OCH3 is 1. The SMILES string of the molecule is COc1ccc(C(=O)N2C[C@@H]3CN(CCn4ccnc4)C[C@@H]3[C@H]2c2ccccc2)cn1. The van der Waals surface area contributed by atoms with Crippen LogP contribution in [0.3, 0.4) is 0 Å². The number of benzene rings is 1. The van der Waals surface area contributed by atoms with Crippen LogP contribution in [0, 0.1) is 11.8 Å². The van der Waals surface area contributed by atoms with E-state index in [0.717, 1.165) is 32.7 Å². The first-order valence-electron chi connectivity index (χ1n) is 10.8. The molecule has 160 valence electrons. The number of pyridine rings is 1. The van der Waals surface area contributed by atoms with Gasteiger partial charge in [0.25, 0.3) is 5.91 Å². The van der Waals surface area contributed by atoms with Gasteiger partial charge in [0, 0.05) is 63.3 Å². The van der Waals surface area contributed by atoms with E-state index in [4.69, 9.17) is 4.74 Å². The predicted molar refractivity (Wildman–Crippen MR) is 117 cm³/mol. The molecule has 7 heteroatoms. The van der Waals surface area contributed by atoms with Crippen molar-refractivity contribution in [2.75, 3.05) is 33.3 Å². The Hall–Kier alpha value is -3.19. The lowest BCUT2D eigenvalue weighted by molar-refractivity contribution is 0.0700. The van der Waals surface area contributed by atoms with Crippen LogP contribution in [-0.2, 0) is 6.54 Å². The van der Waals surface area contributed by atoms with E-state index >= 15 is 0 Å². The van der Waals surface area contributed by atoms with Crippen molar-refractivity contribution in [2.45, 2.75) is 12.6 Å². The van der Waals surface area contributed by atoms with E-state index in [1.165, 1.54) is 5.56 Å². The van der Waals surface area contributed by atoms with Gasteiger partial charge in [0.1, 0.15) is 0 Å². The number of hydrogen-bond donors (Lipinski definition) is 0. The number of nitrogens with zero attached hydrogens (tertiary/aromatic N) is 5. The van der Waals surface area contributed by atoms with Crippen LogP contribution in [0.5, 0.6) is 5.88 Å². The molecule has 3 atom stereocenters. The standard InChI is InChI=1S/C24H27N5O2/c1-31-22-8-7-19(13-26-22)24(30)29-15-20-14-28(12-11-27-10-9-25-17-27)16-21(20)23(29)18-5-3-2-4-6-18/h2-10,13,17,20-21,23H,11-12,14-16H2,1H3/t20-,21-,23+/m0/s1. The maximum atomic E-state index is 13.4. The Balaban J connectivity index is 1.35. The number of imidazole rings is 1. The van der Waals surface area contributed by atoms with Crippen molar-refractivity contribution in [1.82, 2.24) is 24.3 Å². The highest BCUT2D eigenvalue weighted by atomic mass is 16.5. The maximum Gasteiger partial charge on any atom is 0.255 e. The molecule has 0 unspecified atom stereocenters. The molecule has 2 saturated heterocycles. The Morgan fingerprint density at radius 2 is 1.97 bits per heavy atom. The number of hydrogen-bond acceptors (Lipinski definition) is 5. The Kier molecular flexibility index (Phi) is 5.42. The summed E-state index contributed by atoms with van der Waals surface area (Å²) < 4.78 is 7.26. The molecule has 0 aliphatic carbocycles. The summed E-state index contributed by atoms with van der Waals surface area (Å²) in [4.78, 5) is 26.4. The summed E-state index contributed by atoms with van der Waals surface area (Å²) in [5.74, 6) is 1.47. The first-order chi connectivity index (χ1) is 15.2. The van der Waals surface area contributed by atoms with Crippen LogP contribution < -0.4 is 4.74 Å². The Bertz CT molecular complexity index is 1010. The van der Waals surface area contributed by atoms with Crippen molar-refractivity contribution in [3.05, 3.63) is 78.5 Å². The molecule has 0 radical (unpaired) electrons. The molecule has 1 amide bonds. The van der Waals surface area contributed by atoms with Gasteiger partial charge in [-0.05, 0) is 17.5 Å². The third-order valence-corrected chi connectivity index (χ3v) is 6.57. The van der Waals surface area contributed by atoms with Crippen LogP contribution in [0.25, 0.3) is 0 Å². The van der Waals surface area contributed by atoms with Gasteiger partial charge >= 0.3 is 0 Å². The second-order valence-electron chi connectivity index (χ2n) is 8.39. The normalized spacial score (nSPS) is 23.1. The summed E-state index contributed by atoms with van der Waals surface area (Å²) in [5.41, 5.74) is 1.82. The fourth-order valence-corrected chi connectivity index (χ4v) is 5.08. The third-order valence-electron chi connectivity index (χ3n) is 6.57. The Morgan fingerprint density at radius 3 is 2.68 bits per heavy atom. The molecule has 0 saturated carbocycles. The lowest BCUT2D eigenvalue weighted by Crippen LogP contribution is -2.36. The molecule has 0 N–H and O–H groups in total. The van der Waals surface area contributed by atoms with Crippen molar-refractivity contribution >= 4 is 5.91 Å². The molecule has 5 rings (SSSR count). The minimum absolute atomic E-state index is 0.0448. The van der Waals surface area contributed by atoms with Crippen LogP contribution in [0.15, 0.2) is 67.4 Å². The fourth-order valence-electron chi connectivity index (χ4n) is 5.08. The van der Waals surface area contributed by atoms with Crippen LogP contribution in [0.1, 0.15) is 22.0 Å². The van der Waals surface area contributed by atoms with E-state index in [1.54, 1.807) is 19.4 Å². The smallest absolute Gasteiger partial charge is 0.255 e. The highest BCUT2D eigenvalue weighted by Gasteiger charge is 2.49. The number of carbonyl (C=O) groups is 1. The average Bonchev–Trinajstić information content (AvgIpc) is 3.54. The van der Waals surface area contributed by atoms with Crippen LogP contribution in [-0.4, -0.2) is 63.5 Å². The van der Waals surface area contributed by atoms with Crippen molar-refractivity contribution in [2.24, 2.45) is 11.8 Å². The molecular formula is C24H27N5O2. The number of fused-ring (bicyclic) bond motifs is 1. The zero-order chi connectivity index (χ0) is 21.2. The minimum Gasteiger partial charge on any atom is -0.481 e. The number of amides is 1. The molecule has 3 aromatic rings. The zero-order valence-corrected chi connectivity index (χ0v) is 17.7. The van der Waals surface area contributed by atoms with Crippen molar-refractivity contribution < 1.29 is 9.53 Å². The Morgan fingerprint density at radius 1 is 1.10 bits per heavy atom. The van der Waals surface area contributed by atoms with E-state index in [1.807, 2.05) is 30.9 Å². The van der Waals surface area contributed by atoms with Gasteiger partial charge < -0.3 is 19.1 Å². The van der Waals surface area contributed by atoms with E-state index in [9.17, 15) is 4.79 Å². The molecule has 2 aliphatic rings. The van der Waals surface area contributed by atoms with Crippen molar-refractivity contribution in [3.8, 4) is 5.88 Å².